The second kappa shape index (κ2) is 9.27. The minimum Gasteiger partial charge on any atom is -0.350 e. The average molecular weight is 393 g/mol. The Bertz CT molecular complexity index is 1020. The number of nitrogens with zero attached hydrogens (tertiary/aromatic N) is 3. The van der Waals surface area contributed by atoms with Gasteiger partial charge in [0.25, 0.3) is 11.6 Å². The fourth-order valence-corrected chi connectivity index (χ4v) is 2.71. The summed E-state index contributed by atoms with van der Waals surface area (Å²) in [4.78, 5) is 34.3. The molecule has 0 saturated carbocycles. The van der Waals surface area contributed by atoms with E-state index in [1.807, 2.05) is 36.5 Å². The molecule has 1 aromatic heterocycles. The van der Waals surface area contributed by atoms with Crippen LogP contribution in [-0.2, 0) is 17.9 Å². The average Bonchev–Trinajstić information content (AvgIpc) is 3.24. The highest BCUT2D eigenvalue weighted by atomic mass is 16.6. The van der Waals surface area contributed by atoms with Crippen molar-refractivity contribution in [1.29, 1.82) is 0 Å². The highest BCUT2D eigenvalue weighted by molar-refractivity contribution is 5.96. The number of hydrogen-bond acceptors (Lipinski definition) is 5. The van der Waals surface area contributed by atoms with Crippen molar-refractivity contribution in [1.82, 2.24) is 20.4 Å². The number of non-ortho nitro benzene ring substituents is 1. The van der Waals surface area contributed by atoms with Crippen LogP contribution in [0, 0.1) is 10.1 Å². The largest absolute Gasteiger partial charge is 0.350 e. The number of nitrogens with one attached hydrogen (secondary N) is 2. The maximum absolute atomic E-state index is 12.1. The van der Waals surface area contributed by atoms with E-state index in [0.717, 1.165) is 11.1 Å². The summed E-state index contributed by atoms with van der Waals surface area (Å²) in [6, 6.07) is 14.9. The molecule has 0 radical (unpaired) electrons. The molecule has 2 N–H and O–H groups in total. The maximum atomic E-state index is 12.1. The molecule has 0 aliphatic rings. The zero-order chi connectivity index (χ0) is 20.6. The van der Waals surface area contributed by atoms with Gasteiger partial charge in [-0.3, -0.25) is 24.4 Å². The number of nitro groups is 1. The van der Waals surface area contributed by atoms with E-state index in [0.29, 0.717) is 13.1 Å². The lowest BCUT2D eigenvalue weighted by atomic mass is 10.1. The van der Waals surface area contributed by atoms with Crippen molar-refractivity contribution in [2.75, 3.05) is 6.54 Å². The highest BCUT2D eigenvalue weighted by Crippen LogP contribution is 2.12. The van der Waals surface area contributed by atoms with Gasteiger partial charge in [0.1, 0.15) is 0 Å². The first-order valence-corrected chi connectivity index (χ1v) is 8.86. The van der Waals surface area contributed by atoms with Crippen molar-refractivity contribution in [3.8, 4) is 0 Å². The lowest BCUT2D eigenvalue weighted by molar-refractivity contribution is -0.384. The molecule has 9 nitrogen and oxygen atoms in total. The number of carbonyl (C=O) groups excluding carboxylic acids is 2. The third-order valence-corrected chi connectivity index (χ3v) is 4.11. The maximum Gasteiger partial charge on any atom is 0.270 e. The summed E-state index contributed by atoms with van der Waals surface area (Å²) in [5, 5.41) is 20.1. The van der Waals surface area contributed by atoms with Crippen LogP contribution >= 0.6 is 0 Å². The Morgan fingerprint density at radius 2 is 1.83 bits per heavy atom. The van der Waals surface area contributed by atoms with Gasteiger partial charge in [-0.05, 0) is 23.3 Å². The number of nitro benzene ring substituents is 1. The third-order valence-electron chi connectivity index (χ3n) is 4.11. The molecule has 148 valence electrons. The molecule has 0 aliphatic carbocycles. The zero-order valence-electron chi connectivity index (χ0n) is 15.4. The minimum absolute atomic E-state index is 0.123. The van der Waals surface area contributed by atoms with Crippen molar-refractivity contribution in [2.45, 2.75) is 13.1 Å². The van der Waals surface area contributed by atoms with Crippen LogP contribution in [0.4, 0.5) is 5.69 Å². The van der Waals surface area contributed by atoms with Crippen LogP contribution in [0.25, 0.3) is 0 Å². The molecule has 0 saturated heterocycles. The van der Waals surface area contributed by atoms with Crippen LogP contribution in [0.2, 0.25) is 0 Å². The van der Waals surface area contributed by atoms with E-state index in [1.54, 1.807) is 10.9 Å². The summed E-state index contributed by atoms with van der Waals surface area (Å²) < 4.78 is 1.81. The molecule has 3 rings (SSSR count). The molecule has 1 heterocycles. The molecule has 0 bridgehead atoms. The molecule has 0 unspecified atom stereocenters. The normalized spacial score (nSPS) is 10.3. The number of aromatic nitrogens is 2. The Kier molecular flexibility index (Phi) is 6.31. The minimum atomic E-state index is -0.579. The third kappa shape index (κ3) is 5.73. The van der Waals surface area contributed by atoms with Gasteiger partial charge >= 0.3 is 0 Å². The number of benzene rings is 2. The van der Waals surface area contributed by atoms with Crippen LogP contribution in [0.5, 0.6) is 0 Å². The molecule has 0 aliphatic heterocycles. The Morgan fingerprint density at radius 1 is 1.03 bits per heavy atom. The van der Waals surface area contributed by atoms with Crippen molar-refractivity contribution < 1.29 is 14.5 Å². The molecule has 2 amide bonds. The van der Waals surface area contributed by atoms with Gasteiger partial charge in [-0.25, -0.2) is 0 Å². The topological polar surface area (TPSA) is 119 Å². The van der Waals surface area contributed by atoms with Gasteiger partial charge in [0.05, 0.1) is 18.0 Å². The summed E-state index contributed by atoms with van der Waals surface area (Å²) in [6.45, 7) is 0.723. The predicted molar refractivity (Wildman–Crippen MR) is 105 cm³/mol. The fraction of sp³-hybridized carbons (Fsp3) is 0.150. The quantitative estimate of drug-likeness (QED) is 0.447. The SMILES string of the molecule is O=C(CNC(=O)c1cccc([N+](=O)[O-])c1)NCc1cccc(Cn2cccn2)c1. The summed E-state index contributed by atoms with van der Waals surface area (Å²) in [6.07, 6.45) is 3.59. The van der Waals surface area contributed by atoms with Gasteiger partial charge in [0.15, 0.2) is 0 Å². The van der Waals surface area contributed by atoms with Crippen LogP contribution in [0.1, 0.15) is 21.5 Å². The summed E-state index contributed by atoms with van der Waals surface area (Å²) >= 11 is 0. The number of carbonyl (C=O) groups is 2. The molecule has 2 aromatic carbocycles. The summed E-state index contributed by atoms with van der Waals surface area (Å²) in [5.41, 5.74) is 1.92. The first-order valence-electron chi connectivity index (χ1n) is 8.86. The number of amides is 2. The zero-order valence-corrected chi connectivity index (χ0v) is 15.4. The predicted octanol–water partition coefficient (Wildman–Crippen LogP) is 1.89. The van der Waals surface area contributed by atoms with Crippen molar-refractivity contribution in [3.63, 3.8) is 0 Å². The Balaban J connectivity index is 1.48. The first kappa shape index (κ1) is 19.7. The second-order valence-electron chi connectivity index (χ2n) is 6.29. The number of rotatable bonds is 8. The van der Waals surface area contributed by atoms with Crippen LogP contribution in [0.3, 0.4) is 0 Å². The van der Waals surface area contributed by atoms with Gasteiger partial charge in [0.2, 0.25) is 5.91 Å². The molecule has 29 heavy (non-hydrogen) atoms. The molecule has 0 atom stereocenters. The van der Waals surface area contributed by atoms with Crippen molar-refractivity contribution >= 4 is 17.5 Å². The molecular weight excluding hydrogens is 374 g/mol. The van der Waals surface area contributed by atoms with E-state index in [2.05, 4.69) is 15.7 Å². The van der Waals surface area contributed by atoms with E-state index in [4.69, 9.17) is 0 Å². The molecule has 9 heteroatoms. The van der Waals surface area contributed by atoms with Crippen LogP contribution in [0.15, 0.2) is 67.0 Å². The lowest BCUT2D eigenvalue weighted by Crippen LogP contribution is -2.36. The Hall–Kier alpha value is -4.01. The van der Waals surface area contributed by atoms with E-state index < -0.39 is 10.8 Å². The lowest BCUT2D eigenvalue weighted by Gasteiger charge is -2.09. The van der Waals surface area contributed by atoms with Gasteiger partial charge in [-0.15, -0.1) is 0 Å². The highest BCUT2D eigenvalue weighted by Gasteiger charge is 2.12. The van der Waals surface area contributed by atoms with Crippen LogP contribution in [-0.4, -0.2) is 33.1 Å². The standard InChI is InChI=1S/C20H19N5O4/c26-19(13-22-20(27)17-6-2-7-18(11-17)25(28)29)21-12-15-4-1-5-16(10-15)14-24-9-3-8-23-24/h1-11H,12-14H2,(H,21,26)(H,22,27). The Labute approximate surface area is 166 Å². The molecule has 0 spiro atoms. The van der Waals surface area contributed by atoms with E-state index in [1.165, 1.54) is 24.3 Å². The van der Waals surface area contributed by atoms with Crippen molar-refractivity contribution in [2.24, 2.45) is 0 Å². The van der Waals surface area contributed by atoms with Crippen LogP contribution < -0.4 is 10.6 Å². The first-order chi connectivity index (χ1) is 14.0. The van der Waals surface area contributed by atoms with E-state index in [-0.39, 0.29) is 23.7 Å². The monoisotopic (exact) mass is 393 g/mol. The van der Waals surface area contributed by atoms with Gasteiger partial charge in [-0.1, -0.05) is 30.3 Å². The van der Waals surface area contributed by atoms with E-state index in [9.17, 15) is 19.7 Å². The Morgan fingerprint density at radius 3 is 2.59 bits per heavy atom. The van der Waals surface area contributed by atoms with Crippen molar-refractivity contribution in [3.05, 3.63) is 93.8 Å². The smallest absolute Gasteiger partial charge is 0.270 e. The van der Waals surface area contributed by atoms with Gasteiger partial charge in [0, 0.05) is 36.6 Å². The van der Waals surface area contributed by atoms with Gasteiger partial charge in [-0.2, -0.15) is 5.10 Å². The summed E-state index contributed by atoms with van der Waals surface area (Å²) in [7, 11) is 0. The molecule has 3 aromatic rings. The summed E-state index contributed by atoms with van der Waals surface area (Å²) in [5.74, 6) is -0.911. The number of hydrogen-bond donors (Lipinski definition) is 2. The fourth-order valence-electron chi connectivity index (χ4n) is 2.71. The second-order valence-corrected chi connectivity index (χ2v) is 6.29. The van der Waals surface area contributed by atoms with E-state index >= 15 is 0 Å². The van der Waals surface area contributed by atoms with Gasteiger partial charge < -0.3 is 10.6 Å². The molecular formula is C20H19N5O4. The molecule has 0 fully saturated rings.